The lowest BCUT2D eigenvalue weighted by Crippen LogP contribution is -2.39. The molecule has 0 aliphatic carbocycles. The van der Waals surface area contributed by atoms with Crippen LogP contribution >= 0.6 is 11.3 Å². The largest absolute Gasteiger partial charge is 0.463 e. The molecular weight excluding hydrogens is 562 g/mol. The van der Waals surface area contributed by atoms with Crippen molar-refractivity contribution < 1.29 is 19.0 Å². The Morgan fingerprint density at radius 2 is 1.88 bits per heavy atom. The van der Waals surface area contributed by atoms with E-state index in [4.69, 9.17) is 19.2 Å². The van der Waals surface area contributed by atoms with E-state index < -0.39 is 12.0 Å². The summed E-state index contributed by atoms with van der Waals surface area (Å²) in [6.07, 6.45) is 1.95. The average molecular weight is 592 g/mol. The van der Waals surface area contributed by atoms with Crippen molar-refractivity contribution in [2.24, 2.45) is 4.99 Å². The number of hydrogen-bond acceptors (Lipinski definition) is 7. The Kier molecular flexibility index (Phi) is 6.54. The van der Waals surface area contributed by atoms with E-state index in [9.17, 15) is 9.59 Å². The first-order valence-electron chi connectivity index (χ1n) is 14.1. The number of carbonyl (C=O) groups is 1. The highest BCUT2D eigenvalue weighted by atomic mass is 32.1. The van der Waals surface area contributed by atoms with E-state index in [1.54, 1.807) is 24.5 Å². The fourth-order valence-corrected chi connectivity index (χ4v) is 7.00. The topological polar surface area (TPSA) is 94.9 Å². The van der Waals surface area contributed by atoms with Gasteiger partial charge in [0.15, 0.2) is 16.3 Å². The lowest BCUT2D eigenvalue weighted by atomic mass is 9.95. The maximum Gasteiger partial charge on any atom is 0.338 e. The van der Waals surface area contributed by atoms with Crippen LogP contribution < -0.4 is 24.4 Å². The van der Waals surface area contributed by atoms with Crippen molar-refractivity contribution in [3.05, 3.63) is 114 Å². The standard InChI is InChI=1S/C34H29N3O5S/c1-5-40-33(39)28-20(4)35-34-37(31(28)22-11-12-25-26(15-22)42-17-41-25)32(38)27(43-34)16-24-23-14-18(2)13-19(3)29(23)36-30(24)21-9-7-6-8-10-21/h6-16,31,36H,5,17H2,1-4H3/b27-16-. The number of ether oxygens (including phenoxy) is 3. The van der Waals surface area contributed by atoms with Gasteiger partial charge in [0.05, 0.1) is 34.1 Å². The Bertz CT molecular complexity index is 2150. The summed E-state index contributed by atoms with van der Waals surface area (Å²) in [5.41, 5.74) is 7.49. The second-order valence-electron chi connectivity index (χ2n) is 10.7. The summed E-state index contributed by atoms with van der Waals surface area (Å²) < 4.78 is 18.7. The number of aryl methyl sites for hydroxylation is 2. The van der Waals surface area contributed by atoms with Crippen molar-refractivity contribution in [2.45, 2.75) is 33.7 Å². The summed E-state index contributed by atoms with van der Waals surface area (Å²) in [7, 11) is 0. The molecule has 0 saturated carbocycles. The first-order chi connectivity index (χ1) is 20.8. The van der Waals surface area contributed by atoms with Gasteiger partial charge in [-0.25, -0.2) is 9.79 Å². The number of nitrogens with zero attached hydrogens (tertiary/aromatic N) is 2. The zero-order valence-electron chi connectivity index (χ0n) is 24.2. The Hall–Kier alpha value is -4.89. The number of esters is 1. The molecule has 3 aromatic carbocycles. The van der Waals surface area contributed by atoms with Crippen molar-refractivity contribution >= 4 is 34.3 Å². The SMILES string of the molecule is CCOC(=O)C1=C(C)N=c2s/c(=C\c3c(-c4ccccc4)[nH]c4c(C)cc(C)cc34)c(=O)n2C1c1ccc2c(c1)OCO2. The number of hydrogen-bond donors (Lipinski definition) is 1. The summed E-state index contributed by atoms with van der Waals surface area (Å²) in [6.45, 7) is 8.02. The number of benzene rings is 3. The number of rotatable bonds is 5. The Labute approximate surface area is 251 Å². The molecule has 1 atom stereocenters. The van der Waals surface area contributed by atoms with Crippen LogP contribution in [0.15, 0.2) is 81.7 Å². The van der Waals surface area contributed by atoms with Gasteiger partial charge in [-0.3, -0.25) is 9.36 Å². The van der Waals surface area contributed by atoms with Crippen molar-refractivity contribution in [1.29, 1.82) is 0 Å². The minimum absolute atomic E-state index is 0.120. The van der Waals surface area contributed by atoms with Crippen LogP contribution in [0.1, 0.15) is 42.1 Å². The molecule has 9 heteroatoms. The lowest BCUT2D eigenvalue weighted by Gasteiger charge is -2.24. The van der Waals surface area contributed by atoms with Gasteiger partial charge >= 0.3 is 5.97 Å². The summed E-state index contributed by atoms with van der Waals surface area (Å²) in [5, 5.41) is 1.04. The zero-order chi connectivity index (χ0) is 29.8. The lowest BCUT2D eigenvalue weighted by molar-refractivity contribution is -0.139. The van der Waals surface area contributed by atoms with Crippen molar-refractivity contribution in [3.8, 4) is 22.8 Å². The molecule has 7 rings (SSSR count). The van der Waals surface area contributed by atoms with Crippen LogP contribution in [0.3, 0.4) is 0 Å². The van der Waals surface area contributed by atoms with E-state index >= 15 is 0 Å². The predicted octanol–water partition coefficient (Wildman–Crippen LogP) is 5.29. The van der Waals surface area contributed by atoms with E-state index in [-0.39, 0.29) is 19.0 Å². The number of thiazole rings is 1. The summed E-state index contributed by atoms with van der Waals surface area (Å²) in [4.78, 5) is 36.5. The third kappa shape index (κ3) is 4.47. The highest BCUT2D eigenvalue weighted by molar-refractivity contribution is 7.07. The molecule has 2 aliphatic heterocycles. The van der Waals surface area contributed by atoms with Crippen molar-refractivity contribution in [3.63, 3.8) is 0 Å². The average Bonchev–Trinajstić information content (AvgIpc) is 3.69. The number of aromatic nitrogens is 2. The molecule has 2 aliphatic rings. The molecule has 5 aromatic rings. The van der Waals surface area contributed by atoms with Gasteiger partial charge in [-0.05, 0) is 68.7 Å². The van der Waals surface area contributed by atoms with Crippen LogP contribution in [0.2, 0.25) is 0 Å². The molecule has 216 valence electrons. The Morgan fingerprint density at radius 3 is 2.67 bits per heavy atom. The summed E-state index contributed by atoms with van der Waals surface area (Å²) >= 11 is 1.31. The molecule has 2 aromatic heterocycles. The van der Waals surface area contributed by atoms with Gasteiger partial charge in [-0.15, -0.1) is 0 Å². The number of carbonyl (C=O) groups excluding carboxylic acids is 1. The fourth-order valence-electron chi connectivity index (χ4n) is 5.98. The third-order valence-electron chi connectivity index (χ3n) is 7.86. The molecule has 0 bridgehead atoms. The summed E-state index contributed by atoms with van der Waals surface area (Å²) in [5.74, 6) is 0.678. The second-order valence-corrected chi connectivity index (χ2v) is 11.7. The quantitative estimate of drug-likeness (QED) is 0.280. The maximum atomic E-state index is 14.3. The number of fused-ring (bicyclic) bond motifs is 3. The van der Waals surface area contributed by atoms with Gasteiger partial charge in [0, 0.05) is 16.5 Å². The van der Waals surface area contributed by atoms with E-state index in [1.807, 2.05) is 36.4 Å². The Balaban J connectivity index is 1.48. The molecule has 8 nitrogen and oxygen atoms in total. The van der Waals surface area contributed by atoms with Crippen LogP contribution in [-0.4, -0.2) is 28.9 Å². The molecule has 1 unspecified atom stereocenters. The van der Waals surface area contributed by atoms with E-state index in [2.05, 4.69) is 43.1 Å². The van der Waals surface area contributed by atoms with Crippen LogP contribution in [0.4, 0.5) is 0 Å². The predicted molar refractivity (Wildman–Crippen MR) is 166 cm³/mol. The highest BCUT2D eigenvalue weighted by Crippen LogP contribution is 2.38. The van der Waals surface area contributed by atoms with E-state index in [0.29, 0.717) is 37.7 Å². The molecule has 0 saturated heterocycles. The maximum absolute atomic E-state index is 14.3. The molecular formula is C34H29N3O5S. The first kappa shape index (κ1) is 27.0. The Morgan fingerprint density at radius 1 is 1.09 bits per heavy atom. The molecule has 0 fully saturated rings. The fraction of sp³-hybridized carbons (Fsp3) is 0.206. The number of allylic oxidation sites excluding steroid dienone is 1. The third-order valence-corrected chi connectivity index (χ3v) is 8.84. The van der Waals surface area contributed by atoms with E-state index in [0.717, 1.165) is 38.9 Å². The second kappa shape index (κ2) is 10.4. The number of aromatic amines is 1. The minimum Gasteiger partial charge on any atom is -0.463 e. The highest BCUT2D eigenvalue weighted by Gasteiger charge is 2.34. The minimum atomic E-state index is -0.743. The van der Waals surface area contributed by atoms with Crippen LogP contribution in [0, 0.1) is 13.8 Å². The van der Waals surface area contributed by atoms with Crippen molar-refractivity contribution in [1.82, 2.24) is 9.55 Å². The van der Waals surface area contributed by atoms with Gasteiger partial charge in [0.2, 0.25) is 6.79 Å². The van der Waals surface area contributed by atoms with Crippen LogP contribution in [0.25, 0.3) is 28.2 Å². The molecule has 43 heavy (non-hydrogen) atoms. The van der Waals surface area contributed by atoms with Crippen molar-refractivity contribution in [2.75, 3.05) is 13.4 Å². The van der Waals surface area contributed by atoms with Crippen LogP contribution in [0.5, 0.6) is 11.5 Å². The van der Waals surface area contributed by atoms with Gasteiger partial charge in [-0.1, -0.05) is 59.4 Å². The zero-order valence-corrected chi connectivity index (χ0v) is 25.0. The van der Waals surface area contributed by atoms with Gasteiger partial charge in [0.25, 0.3) is 5.56 Å². The monoisotopic (exact) mass is 591 g/mol. The number of nitrogens with one attached hydrogen (secondary N) is 1. The molecule has 0 radical (unpaired) electrons. The normalized spacial score (nSPS) is 16.0. The molecule has 0 spiro atoms. The number of H-pyrrole nitrogens is 1. The molecule has 0 amide bonds. The van der Waals surface area contributed by atoms with Gasteiger partial charge < -0.3 is 19.2 Å². The van der Waals surface area contributed by atoms with Crippen LogP contribution in [-0.2, 0) is 9.53 Å². The summed E-state index contributed by atoms with van der Waals surface area (Å²) in [6, 6.07) is 19.1. The van der Waals surface area contributed by atoms with Gasteiger partial charge in [-0.2, -0.15) is 0 Å². The van der Waals surface area contributed by atoms with E-state index in [1.165, 1.54) is 11.3 Å². The molecule has 1 N–H and O–H groups in total. The smallest absolute Gasteiger partial charge is 0.338 e. The van der Waals surface area contributed by atoms with Gasteiger partial charge in [0.1, 0.15) is 0 Å². The first-order valence-corrected chi connectivity index (χ1v) is 14.9. The molecule has 4 heterocycles.